The third-order valence-electron chi connectivity index (χ3n) is 3.60. The lowest BCUT2D eigenvalue weighted by Gasteiger charge is -2.30. The Morgan fingerprint density at radius 3 is 2.50 bits per heavy atom. The largest absolute Gasteiger partial charge is 0.369 e. The van der Waals surface area contributed by atoms with Crippen LogP contribution in [0.1, 0.15) is 45.7 Å². The number of nitrogens with zero attached hydrogens (tertiary/aromatic N) is 1. The number of nitrogens with one attached hydrogen (secondary N) is 1. The van der Waals surface area contributed by atoms with E-state index in [-0.39, 0.29) is 11.9 Å². The van der Waals surface area contributed by atoms with Gasteiger partial charge in [0.2, 0.25) is 0 Å². The Morgan fingerprint density at radius 1 is 1.28 bits per heavy atom. The Morgan fingerprint density at radius 2 is 1.94 bits per heavy atom. The van der Waals surface area contributed by atoms with Crippen LogP contribution in [-0.4, -0.2) is 19.6 Å². The normalized spacial score (nSPS) is 14.3. The Labute approximate surface area is 110 Å². The van der Waals surface area contributed by atoms with Crippen molar-refractivity contribution in [2.24, 2.45) is 0 Å². The Kier molecular flexibility index (Phi) is 5.60. The van der Waals surface area contributed by atoms with Gasteiger partial charge in [-0.05, 0) is 38.4 Å². The summed E-state index contributed by atoms with van der Waals surface area (Å²) in [7, 11) is 1.97. The minimum Gasteiger partial charge on any atom is -0.369 e. The number of para-hydroxylation sites is 1. The fourth-order valence-electron chi connectivity index (χ4n) is 2.16. The fraction of sp³-hybridized carbons (Fsp3) is 0.600. The Balaban J connectivity index is 3.15. The lowest BCUT2D eigenvalue weighted by atomic mass is 10.0. The molecule has 2 unspecified atom stereocenters. The van der Waals surface area contributed by atoms with Gasteiger partial charge in [-0.15, -0.1) is 0 Å². The first-order valence-corrected chi connectivity index (χ1v) is 6.77. The first-order chi connectivity index (χ1) is 8.52. The van der Waals surface area contributed by atoms with E-state index in [9.17, 15) is 4.39 Å². The summed E-state index contributed by atoms with van der Waals surface area (Å²) in [5.74, 6) is -0.139. The predicted octanol–water partition coefficient (Wildman–Crippen LogP) is 3.73. The SMILES string of the molecule is CCNC(C)c1cccc(F)c1N(C)C(C)CC. The van der Waals surface area contributed by atoms with E-state index in [1.807, 2.05) is 18.0 Å². The van der Waals surface area contributed by atoms with Gasteiger partial charge in [0.15, 0.2) is 0 Å². The summed E-state index contributed by atoms with van der Waals surface area (Å²) in [5, 5.41) is 3.35. The van der Waals surface area contributed by atoms with Gasteiger partial charge in [0.1, 0.15) is 5.82 Å². The van der Waals surface area contributed by atoms with Gasteiger partial charge in [-0.2, -0.15) is 0 Å². The lowest BCUT2D eigenvalue weighted by Crippen LogP contribution is -2.31. The molecule has 1 aromatic carbocycles. The monoisotopic (exact) mass is 252 g/mol. The fourth-order valence-corrected chi connectivity index (χ4v) is 2.16. The highest BCUT2D eigenvalue weighted by Crippen LogP contribution is 2.30. The van der Waals surface area contributed by atoms with Crippen LogP contribution in [0, 0.1) is 5.82 Å². The molecule has 1 N–H and O–H groups in total. The number of halogens is 1. The third-order valence-corrected chi connectivity index (χ3v) is 3.60. The van der Waals surface area contributed by atoms with Crippen molar-refractivity contribution in [3.63, 3.8) is 0 Å². The van der Waals surface area contributed by atoms with Gasteiger partial charge in [0.05, 0.1) is 5.69 Å². The Bertz CT molecular complexity index is 379. The smallest absolute Gasteiger partial charge is 0.146 e. The highest BCUT2D eigenvalue weighted by Gasteiger charge is 2.19. The van der Waals surface area contributed by atoms with Crippen molar-refractivity contribution in [1.29, 1.82) is 0 Å². The molecule has 0 spiro atoms. The van der Waals surface area contributed by atoms with E-state index in [1.165, 1.54) is 6.07 Å². The summed E-state index contributed by atoms with van der Waals surface area (Å²) in [6.45, 7) is 9.26. The van der Waals surface area contributed by atoms with Gasteiger partial charge in [0, 0.05) is 19.1 Å². The van der Waals surface area contributed by atoms with E-state index < -0.39 is 0 Å². The maximum Gasteiger partial charge on any atom is 0.146 e. The van der Waals surface area contributed by atoms with Gasteiger partial charge < -0.3 is 10.2 Å². The molecular weight excluding hydrogens is 227 g/mol. The molecule has 2 nitrogen and oxygen atoms in total. The van der Waals surface area contributed by atoms with Crippen molar-refractivity contribution in [2.45, 2.75) is 46.2 Å². The highest BCUT2D eigenvalue weighted by atomic mass is 19.1. The second kappa shape index (κ2) is 6.74. The first-order valence-electron chi connectivity index (χ1n) is 6.77. The molecule has 0 aromatic heterocycles. The van der Waals surface area contributed by atoms with Crippen molar-refractivity contribution in [2.75, 3.05) is 18.5 Å². The second-order valence-electron chi connectivity index (χ2n) is 4.83. The van der Waals surface area contributed by atoms with Crippen molar-refractivity contribution in [3.8, 4) is 0 Å². The van der Waals surface area contributed by atoms with Crippen molar-refractivity contribution >= 4 is 5.69 Å². The van der Waals surface area contributed by atoms with Gasteiger partial charge in [0.25, 0.3) is 0 Å². The topological polar surface area (TPSA) is 15.3 Å². The average Bonchev–Trinajstić information content (AvgIpc) is 2.37. The van der Waals surface area contributed by atoms with Crippen LogP contribution < -0.4 is 10.2 Å². The molecule has 1 aromatic rings. The molecule has 0 aliphatic carbocycles. The molecule has 1 rings (SSSR count). The van der Waals surface area contributed by atoms with Crippen molar-refractivity contribution < 1.29 is 4.39 Å². The number of anilines is 1. The van der Waals surface area contributed by atoms with Crippen LogP contribution in [0.25, 0.3) is 0 Å². The molecule has 0 heterocycles. The van der Waals surface area contributed by atoms with Crippen molar-refractivity contribution in [3.05, 3.63) is 29.6 Å². The zero-order chi connectivity index (χ0) is 13.7. The van der Waals surface area contributed by atoms with Gasteiger partial charge in [-0.3, -0.25) is 0 Å². The van der Waals surface area contributed by atoms with E-state index in [0.717, 1.165) is 24.2 Å². The van der Waals surface area contributed by atoms with E-state index >= 15 is 0 Å². The molecular formula is C15H25FN2. The summed E-state index contributed by atoms with van der Waals surface area (Å²) >= 11 is 0. The second-order valence-corrected chi connectivity index (χ2v) is 4.83. The molecule has 3 heteroatoms. The number of benzene rings is 1. The number of hydrogen-bond acceptors (Lipinski definition) is 2. The summed E-state index contributed by atoms with van der Waals surface area (Å²) in [5.41, 5.74) is 1.75. The maximum absolute atomic E-state index is 14.1. The Hall–Kier alpha value is -1.09. The van der Waals surface area contributed by atoms with Gasteiger partial charge in [-0.25, -0.2) is 4.39 Å². The van der Waals surface area contributed by atoms with Crippen LogP contribution in [0.5, 0.6) is 0 Å². The molecule has 0 saturated heterocycles. The zero-order valence-electron chi connectivity index (χ0n) is 12.1. The quantitative estimate of drug-likeness (QED) is 0.830. The first kappa shape index (κ1) is 15.0. The molecule has 0 amide bonds. The molecule has 0 aliphatic rings. The van der Waals surface area contributed by atoms with Crippen LogP contribution in [0.3, 0.4) is 0 Å². The van der Waals surface area contributed by atoms with Crippen LogP contribution in [0.2, 0.25) is 0 Å². The minimum absolute atomic E-state index is 0.139. The molecule has 2 atom stereocenters. The van der Waals surface area contributed by atoms with E-state index in [2.05, 4.69) is 33.0 Å². The average molecular weight is 252 g/mol. The summed E-state index contributed by atoms with van der Waals surface area (Å²) in [6.07, 6.45) is 1.000. The standard InChI is InChI=1S/C15H25FN2/c1-6-11(3)18(5)15-13(12(4)17-7-2)9-8-10-14(15)16/h8-12,17H,6-7H2,1-5H3. The molecule has 102 valence electrons. The molecule has 18 heavy (non-hydrogen) atoms. The molecule has 0 bridgehead atoms. The van der Waals surface area contributed by atoms with Crippen LogP contribution >= 0.6 is 0 Å². The predicted molar refractivity (Wildman–Crippen MR) is 76.6 cm³/mol. The van der Waals surface area contributed by atoms with E-state index in [0.29, 0.717) is 6.04 Å². The summed E-state index contributed by atoms with van der Waals surface area (Å²) in [6, 6.07) is 5.81. The van der Waals surface area contributed by atoms with Crippen LogP contribution in [0.15, 0.2) is 18.2 Å². The molecule has 0 radical (unpaired) electrons. The maximum atomic E-state index is 14.1. The van der Waals surface area contributed by atoms with E-state index in [4.69, 9.17) is 0 Å². The zero-order valence-corrected chi connectivity index (χ0v) is 12.1. The van der Waals surface area contributed by atoms with Crippen LogP contribution in [-0.2, 0) is 0 Å². The molecule has 0 fully saturated rings. The summed E-state index contributed by atoms with van der Waals surface area (Å²) < 4.78 is 14.1. The number of rotatable bonds is 6. The molecule has 0 saturated carbocycles. The molecule has 0 aliphatic heterocycles. The minimum atomic E-state index is -0.139. The summed E-state index contributed by atoms with van der Waals surface area (Å²) in [4.78, 5) is 2.04. The highest BCUT2D eigenvalue weighted by molar-refractivity contribution is 5.56. The lowest BCUT2D eigenvalue weighted by molar-refractivity contribution is 0.566. The van der Waals surface area contributed by atoms with E-state index in [1.54, 1.807) is 6.07 Å². The third kappa shape index (κ3) is 3.22. The van der Waals surface area contributed by atoms with Crippen molar-refractivity contribution in [1.82, 2.24) is 5.32 Å². The van der Waals surface area contributed by atoms with Gasteiger partial charge >= 0.3 is 0 Å². The van der Waals surface area contributed by atoms with Gasteiger partial charge in [-0.1, -0.05) is 26.0 Å². The number of hydrogen-bond donors (Lipinski definition) is 1. The van der Waals surface area contributed by atoms with Crippen LogP contribution in [0.4, 0.5) is 10.1 Å².